The Hall–Kier alpha value is -3.40. The third kappa shape index (κ3) is 5.04. The average Bonchev–Trinajstić information content (AvgIpc) is 2.61. The fraction of sp³-hybridized carbons (Fsp3) is 0.111. The summed E-state index contributed by atoms with van der Waals surface area (Å²) in [6.45, 7) is -3.01. The molecule has 0 heterocycles. The van der Waals surface area contributed by atoms with Crippen LogP contribution in [-0.2, 0) is 4.79 Å². The molecule has 2 rings (SSSR count). The molecule has 2 aromatic carbocycles. The number of amides is 1. The molecule has 0 atom stereocenters. The molecule has 1 amide bonds. The highest BCUT2D eigenvalue weighted by atomic mass is 19.3. The molecule has 0 bridgehead atoms. The number of alkyl halides is 2. The summed E-state index contributed by atoms with van der Waals surface area (Å²) in [7, 11) is 1.52. The van der Waals surface area contributed by atoms with E-state index < -0.39 is 12.5 Å². The summed E-state index contributed by atoms with van der Waals surface area (Å²) in [6.07, 6.45) is 1.19. The molecule has 0 aliphatic heterocycles. The lowest BCUT2D eigenvalue weighted by molar-refractivity contribution is -0.112. The average molecular weight is 344 g/mol. The number of halogens is 2. The lowest BCUT2D eigenvalue weighted by Crippen LogP contribution is -2.13. The fourth-order valence-corrected chi connectivity index (χ4v) is 1.98. The van der Waals surface area contributed by atoms with Crippen LogP contribution in [0.1, 0.15) is 5.56 Å². The molecular formula is C18H14F2N2O3. The highest BCUT2D eigenvalue weighted by Gasteiger charge is 2.13. The number of carbonyl (C=O) groups is 1. The smallest absolute Gasteiger partial charge is 0.387 e. The van der Waals surface area contributed by atoms with Crippen LogP contribution in [0.3, 0.4) is 0 Å². The van der Waals surface area contributed by atoms with Gasteiger partial charge in [-0.1, -0.05) is 18.2 Å². The molecule has 0 unspecified atom stereocenters. The van der Waals surface area contributed by atoms with Crippen LogP contribution in [0, 0.1) is 11.3 Å². The van der Waals surface area contributed by atoms with Gasteiger partial charge in [0.15, 0.2) is 0 Å². The van der Waals surface area contributed by atoms with Crippen molar-refractivity contribution in [2.75, 3.05) is 12.4 Å². The van der Waals surface area contributed by atoms with Gasteiger partial charge in [0, 0.05) is 11.3 Å². The molecule has 2 aromatic rings. The first-order chi connectivity index (χ1) is 12.0. The lowest BCUT2D eigenvalue weighted by atomic mass is 10.1. The molecule has 0 aliphatic rings. The van der Waals surface area contributed by atoms with Crippen LogP contribution in [0.5, 0.6) is 11.5 Å². The van der Waals surface area contributed by atoms with Gasteiger partial charge in [-0.2, -0.15) is 14.0 Å². The Morgan fingerprint density at radius 3 is 2.48 bits per heavy atom. The minimum atomic E-state index is -3.01. The van der Waals surface area contributed by atoms with E-state index in [0.29, 0.717) is 11.4 Å². The second kappa shape index (κ2) is 8.45. The number of nitrogens with one attached hydrogen (secondary N) is 1. The number of ether oxygens (including phenoxy) is 2. The van der Waals surface area contributed by atoms with Crippen molar-refractivity contribution in [1.82, 2.24) is 0 Å². The molecular weight excluding hydrogens is 330 g/mol. The Morgan fingerprint density at radius 1 is 1.20 bits per heavy atom. The second-order valence-corrected chi connectivity index (χ2v) is 4.77. The molecule has 25 heavy (non-hydrogen) atoms. The highest BCUT2D eigenvalue weighted by molar-refractivity contribution is 6.09. The van der Waals surface area contributed by atoms with Gasteiger partial charge in [0.05, 0.1) is 7.11 Å². The molecule has 0 aromatic heterocycles. The lowest BCUT2D eigenvalue weighted by Gasteiger charge is -2.08. The van der Waals surface area contributed by atoms with Crippen molar-refractivity contribution in [3.63, 3.8) is 0 Å². The summed E-state index contributed by atoms with van der Waals surface area (Å²) in [5.41, 5.74) is 0.412. The van der Waals surface area contributed by atoms with Crippen LogP contribution in [0.2, 0.25) is 0 Å². The minimum absolute atomic E-state index is 0.123. The number of para-hydroxylation sites is 1. The van der Waals surface area contributed by atoms with Crippen LogP contribution in [0.25, 0.3) is 6.08 Å². The van der Waals surface area contributed by atoms with E-state index in [0.717, 1.165) is 0 Å². The van der Waals surface area contributed by atoms with Gasteiger partial charge in [0.1, 0.15) is 23.1 Å². The summed E-state index contributed by atoms with van der Waals surface area (Å²) < 4.78 is 34.3. The Bertz CT molecular complexity index is 812. The topological polar surface area (TPSA) is 71.3 Å². The molecule has 7 heteroatoms. The fourth-order valence-electron chi connectivity index (χ4n) is 1.98. The number of nitriles is 1. The zero-order chi connectivity index (χ0) is 18.2. The van der Waals surface area contributed by atoms with Crippen LogP contribution in [-0.4, -0.2) is 19.6 Å². The maximum atomic E-state index is 12.4. The Balaban J connectivity index is 2.22. The molecule has 0 saturated heterocycles. The summed E-state index contributed by atoms with van der Waals surface area (Å²) in [6, 6.07) is 14.2. The first-order valence-corrected chi connectivity index (χ1v) is 7.14. The zero-order valence-electron chi connectivity index (χ0n) is 13.2. The van der Waals surface area contributed by atoms with Crippen molar-refractivity contribution < 1.29 is 23.0 Å². The highest BCUT2D eigenvalue weighted by Crippen LogP contribution is 2.23. The van der Waals surface area contributed by atoms with Gasteiger partial charge in [0.2, 0.25) is 0 Å². The first-order valence-electron chi connectivity index (χ1n) is 7.14. The van der Waals surface area contributed by atoms with Crippen LogP contribution in [0.15, 0.2) is 54.1 Å². The maximum absolute atomic E-state index is 12.4. The van der Waals surface area contributed by atoms with Crippen LogP contribution in [0.4, 0.5) is 14.5 Å². The molecule has 0 fully saturated rings. The molecule has 1 N–H and O–H groups in total. The van der Waals surface area contributed by atoms with E-state index in [9.17, 15) is 18.8 Å². The Kier molecular flexibility index (Phi) is 6.07. The predicted octanol–water partition coefficient (Wildman–Crippen LogP) is 3.84. The number of nitrogens with zero attached hydrogens (tertiary/aromatic N) is 1. The van der Waals surface area contributed by atoms with Gasteiger partial charge in [-0.05, 0) is 36.4 Å². The van der Waals surface area contributed by atoms with Crippen molar-refractivity contribution in [1.29, 1.82) is 5.26 Å². The van der Waals surface area contributed by atoms with E-state index in [-0.39, 0.29) is 16.9 Å². The van der Waals surface area contributed by atoms with Crippen molar-refractivity contribution >= 4 is 17.7 Å². The Labute approximate surface area is 143 Å². The quantitative estimate of drug-likeness (QED) is 0.638. The van der Waals surface area contributed by atoms with E-state index in [2.05, 4.69) is 10.1 Å². The zero-order valence-corrected chi connectivity index (χ0v) is 13.2. The summed E-state index contributed by atoms with van der Waals surface area (Å²) >= 11 is 0. The number of hydrogen-bond donors (Lipinski definition) is 1. The molecule has 0 aliphatic carbocycles. The van der Waals surface area contributed by atoms with Crippen molar-refractivity contribution in [2.45, 2.75) is 6.61 Å². The molecule has 0 spiro atoms. The summed E-state index contributed by atoms with van der Waals surface area (Å²) in [5.74, 6) is -0.172. The normalized spacial score (nSPS) is 10.9. The summed E-state index contributed by atoms with van der Waals surface area (Å²) in [5, 5.41) is 11.8. The van der Waals surface area contributed by atoms with Gasteiger partial charge >= 0.3 is 6.61 Å². The predicted molar refractivity (Wildman–Crippen MR) is 88.3 cm³/mol. The number of carbonyl (C=O) groups excluding carboxylic acids is 1. The van der Waals surface area contributed by atoms with E-state index in [1.165, 1.54) is 31.4 Å². The Morgan fingerprint density at radius 2 is 1.88 bits per heavy atom. The van der Waals surface area contributed by atoms with Gasteiger partial charge in [-0.15, -0.1) is 0 Å². The van der Waals surface area contributed by atoms with Gasteiger partial charge in [-0.3, -0.25) is 4.79 Å². The summed E-state index contributed by atoms with van der Waals surface area (Å²) in [4.78, 5) is 12.2. The van der Waals surface area contributed by atoms with Crippen LogP contribution >= 0.6 is 0 Å². The number of benzene rings is 2. The van der Waals surface area contributed by atoms with E-state index in [1.54, 1.807) is 36.4 Å². The first kappa shape index (κ1) is 17.9. The maximum Gasteiger partial charge on any atom is 0.387 e. The van der Waals surface area contributed by atoms with Crippen molar-refractivity contribution in [3.8, 4) is 17.6 Å². The van der Waals surface area contributed by atoms with Crippen LogP contribution < -0.4 is 14.8 Å². The van der Waals surface area contributed by atoms with Gasteiger partial charge in [0.25, 0.3) is 5.91 Å². The molecule has 0 radical (unpaired) electrons. The minimum Gasteiger partial charge on any atom is -0.497 e. The number of anilines is 1. The molecule has 5 nitrogen and oxygen atoms in total. The molecule has 0 saturated carbocycles. The van der Waals surface area contributed by atoms with E-state index >= 15 is 0 Å². The number of hydrogen-bond acceptors (Lipinski definition) is 4. The monoisotopic (exact) mass is 344 g/mol. The van der Waals surface area contributed by atoms with E-state index in [1.807, 2.05) is 0 Å². The van der Waals surface area contributed by atoms with E-state index in [4.69, 9.17) is 4.74 Å². The van der Waals surface area contributed by atoms with Gasteiger partial charge in [-0.25, -0.2) is 0 Å². The molecule has 128 valence electrons. The van der Waals surface area contributed by atoms with Crippen molar-refractivity contribution in [2.24, 2.45) is 0 Å². The third-order valence-corrected chi connectivity index (χ3v) is 3.15. The van der Waals surface area contributed by atoms with Crippen molar-refractivity contribution in [3.05, 3.63) is 59.7 Å². The SMILES string of the molecule is COc1ccc(NC(=O)/C(C#N)=C/c2ccccc2OC(F)F)cc1. The number of rotatable bonds is 6. The van der Waals surface area contributed by atoms with Gasteiger partial charge < -0.3 is 14.8 Å². The third-order valence-electron chi connectivity index (χ3n) is 3.15. The standard InChI is InChI=1S/C18H14F2N2O3/c1-24-15-8-6-14(7-9-15)22-17(23)13(11-21)10-12-4-2-3-5-16(12)25-18(19)20/h2-10,18H,1H3,(H,22,23)/b13-10+. The largest absolute Gasteiger partial charge is 0.497 e. The second-order valence-electron chi connectivity index (χ2n) is 4.77. The number of methoxy groups -OCH3 is 1.